The number of rotatable bonds is 7. The number of aromatic nitrogens is 3. The first-order chi connectivity index (χ1) is 19.8. The summed E-state index contributed by atoms with van der Waals surface area (Å²) >= 11 is 0. The van der Waals surface area contributed by atoms with E-state index in [1.807, 2.05) is 6.20 Å². The lowest BCUT2D eigenvalue weighted by Crippen LogP contribution is -2.51. The second-order valence-corrected chi connectivity index (χ2v) is 10.9. The lowest BCUT2D eigenvalue weighted by Gasteiger charge is -2.31. The summed E-state index contributed by atoms with van der Waals surface area (Å²) < 4.78 is 64.8. The summed E-state index contributed by atoms with van der Waals surface area (Å²) in [5.74, 6) is -1.99. The van der Waals surface area contributed by atoms with Crippen LogP contribution in [0.1, 0.15) is 53.0 Å². The zero-order chi connectivity index (χ0) is 30.0. The smallest absolute Gasteiger partial charge is 0.424 e. The number of aliphatic hydroxyl groups is 1. The lowest BCUT2D eigenvalue weighted by atomic mass is 9.81. The van der Waals surface area contributed by atoms with Gasteiger partial charge in [-0.15, -0.1) is 0 Å². The predicted molar refractivity (Wildman–Crippen MR) is 141 cm³/mol. The molecule has 0 bridgehead atoms. The van der Waals surface area contributed by atoms with Crippen LogP contribution in [-0.2, 0) is 15.8 Å². The molecule has 1 aliphatic heterocycles. The first kappa shape index (κ1) is 27.6. The topological polar surface area (TPSA) is 132 Å². The molecular weight excluding hydrogens is 558 g/mol. The molecular formula is C29H25F4N5O4. The van der Waals surface area contributed by atoms with Crippen LogP contribution in [0.2, 0.25) is 0 Å². The molecule has 1 aromatic carbocycles. The highest BCUT2D eigenvalue weighted by molar-refractivity contribution is 5.95. The fourth-order valence-corrected chi connectivity index (χ4v) is 4.97. The molecule has 1 saturated carbocycles. The summed E-state index contributed by atoms with van der Waals surface area (Å²) in [6.07, 6.45) is 0.158. The first-order valence-corrected chi connectivity index (χ1v) is 13.1. The number of amides is 2. The zero-order valence-electron chi connectivity index (χ0n) is 22.2. The largest absolute Gasteiger partial charge is 0.489 e. The van der Waals surface area contributed by atoms with E-state index in [0.717, 1.165) is 36.7 Å². The molecule has 4 heterocycles. The van der Waals surface area contributed by atoms with Crippen molar-refractivity contribution in [2.75, 3.05) is 13.2 Å². The summed E-state index contributed by atoms with van der Waals surface area (Å²) in [6.45, 7) is -0.184. The molecule has 0 spiro atoms. The summed E-state index contributed by atoms with van der Waals surface area (Å²) in [5, 5.41) is 13.3. The van der Waals surface area contributed by atoms with Crippen LogP contribution in [0.15, 0.2) is 54.9 Å². The average molecular weight is 584 g/mol. The number of halogens is 4. The zero-order valence-corrected chi connectivity index (χ0v) is 22.2. The second kappa shape index (κ2) is 9.51. The van der Waals surface area contributed by atoms with Crippen LogP contribution in [0.25, 0.3) is 16.9 Å². The van der Waals surface area contributed by atoms with Gasteiger partial charge in [0.2, 0.25) is 11.5 Å². The minimum atomic E-state index is -5.32. The quantitative estimate of drug-likeness (QED) is 0.284. The third-order valence-electron chi connectivity index (χ3n) is 7.87. The van der Waals surface area contributed by atoms with Crippen molar-refractivity contribution in [1.29, 1.82) is 0 Å². The van der Waals surface area contributed by atoms with Gasteiger partial charge in [0, 0.05) is 35.0 Å². The predicted octanol–water partition coefficient (Wildman–Crippen LogP) is 3.73. The number of imidazole rings is 1. The molecule has 6 rings (SSSR count). The molecule has 0 radical (unpaired) electrons. The van der Waals surface area contributed by atoms with Crippen molar-refractivity contribution < 1.29 is 37.0 Å². The van der Waals surface area contributed by atoms with Crippen molar-refractivity contribution in [2.45, 2.75) is 42.9 Å². The van der Waals surface area contributed by atoms with E-state index in [9.17, 15) is 32.3 Å². The molecule has 2 atom stereocenters. The molecule has 9 nitrogen and oxygen atoms in total. The highest BCUT2D eigenvalue weighted by atomic mass is 19.4. The number of nitrogens with zero attached hydrogens (tertiary/aromatic N) is 3. The van der Waals surface area contributed by atoms with Gasteiger partial charge in [-0.1, -0.05) is 0 Å². The van der Waals surface area contributed by atoms with Crippen molar-refractivity contribution in [1.82, 2.24) is 19.7 Å². The molecule has 218 valence electrons. The van der Waals surface area contributed by atoms with E-state index < -0.39 is 47.1 Å². The average Bonchev–Trinajstić information content (AvgIpc) is 3.62. The van der Waals surface area contributed by atoms with Crippen LogP contribution < -0.4 is 15.8 Å². The maximum absolute atomic E-state index is 14.6. The van der Waals surface area contributed by atoms with Gasteiger partial charge >= 0.3 is 6.18 Å². The number of pyridine rings is 2. The standard InChI is InChI=1S/C29H25F4N5O4/c1-27(26(34)40)14-42-24-19(27)11-21(37-23(24)16-4-6-18(30)7-5-16)28(41,29(31,32)33)13-35-25(39)17-8-9-38-12-20(15-2-3-15)36-22(38)10-17/h4-12,15,41H,2-3,13-14H2,1H3,(H2,34,40)(H,35,39)/t27-,28-/m0/s1. The molecule has 4 aromatic rings. The Balaban J connectivity index is 1.38. The Morgan fingerprint density at radius 2 is 1.88 bits per heavy atom. The molecule has 4 N–H and O–H groups in total. The Morgan fingerprint density at radius 1 is 1.17 bits per heavy atom. The third kappa shape index (κ3) is 4.53. The van der Waals surface area contributed by atoms with E-state index in [1.54, 1.807) is 10.6 Å². The molecule has 0 saturated heterocycles. The van der Waals surface area contributed by atoms with Gasteiger partial charge in [-0.05, 0) is 62.2 Å². The first-order valence-electron chi connectivity index (χ1n) is 13.1. The number of hydrogen-bond donors (Lipinski definition) is 3. The summed E-state index contributed by atoms with van der Waals surface area (Å²) in [6, 6.07) is 8.51. The van der Waals surface area contributed by atoms with Gasteiger partial charge < -0.3 is 25.3 Å². The number of alkyl halides is 3. The van der Waals surface area contributed by atoms with Crippen LogP contribution in [0.5, 0.6) is 5.75 Å². The maximum atomic E-state index is 14.6. The summed E-state index contributed by atoms with van der Waals surface area (Å²) in [5.41, 5.74) is 0.839. The Bertz CT molecular complexity index is 1730. The van der Waals surface area contributed by atoms with Crippen molar-refractivity contribution in [2.24, 2.45) is 5.73 Å². The highest BCUT2D eigenvalue weighted by Crippen LogP contribution is 2.47. The monoisotopic (exact) mass is 583 g/mol. The summed E-state index contributed by atoms with van der Waals surface area (Å²) in [4.78, 5) is 33.9. The van der Waals surface area contributed by atoms with Crippen LogP contribution >= 0.6 is 0 Å². The number of benzene rings is 1. The van der Waals surface area contributed by atoms with Crippen LogP contribution in [-0.4, -0.2) is 50.6 Å². The number of carbonyl (C=O) groups excluding carboxylic acids is 2. The Morgan fingerprint density at radius 3 is 2.52 bits per heavy atom. The molecule has 1 fully saturated rings. The van der Waals surface area contributed by atoms with Crippen LogP contribution in [0.4, 0.5) is 17.6 Å². The van der Waals surface area contributed by atoms with E-state index in [0.29, 0.717) is 11.6 Å². The van der Waals surface area contributed by atoms with Crippen molar-refractivity contribution in [3.63, 3.8) is 0 Å². The summed E-state index contributed by atoms with van der Waals surface area (Å²) in [7, 11) is 0. The Hall–Kier alpha value is -4.52. The van der Waals surface area contributed by atoms with Gasteiger partial charge in [-0.2, -0.15) is 13.2 Å². The van der Waals surface area contributed by atoms with Gasteiger partial charge in [0.1, 0.15) is 34.9 Å². The van der Waals surface area contributed by atoms with E-state index in [-0.39, 0.29) is 34.7 Å². The maximum Gasteiger partial charge on any atom is 0.424 e. The fraction of sp³-hybridized carbons (Fsp3) is 0.310. The van der Waals surface area contributed by atoms with E-state index >= 15 is 0 Å². The molecule has 3 aromatic heterocycles. The Kier molecular flexibility index (Phi) is 6.26. The van der Waals surface area contributed by atoms with Crippen LogP contribution in [0, 0.1) is 5.82 Å². The molecule has 2 aliphatic rings. The third-order valence-corrected chi connectivity index (χ3v) is 7.87. The number of nitrogens with one attached hydrogen (secondary N) is 1. The molecule has 42 heavy (non-hydrogen) atoms. The van der Waals surface area contributed by atoms with Gasteiger partial charge in [-0.25, -0.2) is 14.4 Å². The SMILES string of the molecule is C[C@]1(C(N)=O)COc2c1cc([C@@](O)(CNC(=O)c1ccn3cc(C4CC4)nc3c1)C(F)(F)F)nc2-c1ccc(F)cc1. The molecule has 1 aliphatic carbocycles. The number of ether oxygens (including phenoxy) is 1. The lowest BCUT2D eigenvalue weighted by molar-refractivity contribution is -0.265. The minimum absolute atomic E-state index is 0.0150. The molecule has 2 amide bonds. The minimum Gasteiger partial charge on any atom is -0.489 e. The van der Waals surface area contributed by atoms with Crippen molar-refractivity contribution in [3.05, 3.63) is 83.2 Å². The van der Waals surface area contributed by atoms with Crippen molar-refractivity contribution in [3.8, 4) is 17.0 Å². The molecule has 13 heteroatoms. The van der Waals surface area contributed by atoms with Crippen LogP contribution in [0.3, 0.4) is 0 Å². The number of carbonyl (C=O) groups is 2. The highest BCUT2D eigenvalue weighted by Gasteiger charge is 2.57. The number of fused-ring (bicyclic) bond motifs is 2. The fourth-order valence-electron chi connectivity index (χ4n) is 4.97. The second-order valence-electron chi connectivity index (χ2n) is 10.9. The molecule has 0 unspecified atom stereocenters. The van der Waals surface area contributed by atoms with Gasteiger partial charge in [0.15, 0.2) is 0 Å². The van der Waals surface area contributed by atoms with E-state index in [1.165, 1.54) is 31.2 Å². The number of primary amides is 1. The van der Waals surface area contributed by atoms with Gasteiger partial charge in [-0.3, -0.25) is 9.59 Å². The van der Waals surface area contributed by atoms with E-state index in [4.69, 9.17) is 10.5 Å². The van der Waals surface area contributed by atoms with Crippen molar-refractivity contribution >= 4 is 17.5 Å². The van der Waals surface area contributed by atoms with E-state index in [2.05, 4.69) is 15.3 Å². The van der Waals surface area contributed by atoms with Gasteiger partial charge in [0.05, 0.1) is 17.9 Å². The van der Waals surface area contributed by atoms with Gasteiger partial charge in [0.25, 0.3) is 5.91 Å². The Labute approximate surface area is 236 Å². The normalized spacial score (nSPS) is 19.7. The number of hydrogen-bond acceptors (Lipinski definition) is 6. The number of nitrogens with two attached hydrogens (primary N) is 1.